The van der Waals surface area contributed by atoms with E-state index in [9.17, 15) is 22.8 Å². The molecule has 282 valence electrons. The van der Waals surface area contributed by atoms with Crippen LogP contribution in [-0.4, -0.2) is 76.0 Å². The quantitative estimate of drug-likeness (QED) is 0.195. The van der Waals surface area contributed by atoms with Crippen LogP contribution in [0.4, 0.5) is 5.69 Å². The van der Waals surface area contributed by atoms with E-state index in [1.807, 2.05) is 84.3 Å². The van der Waals surface area contributed by atoms with Gasteiger partial charge in [-0.25, -0.2) is 18.4 Å². The normalized spacial score (nSPS) is 26.8. The zero-order valence-electron chi connectivity index (χ0n) is 30.1. The van der Waals surface area contributed by atoms with Crippen LogP contribution in [0.3, 0.4) is 0 Å². The Labute approximate surface area is 318 Å². The summed E-state index contributed by atoms with van der Waals surface area (Å²) in [6, 6.07) is 19.3. The number of rotatable bonds is 8. The number of thiophene rings is 1. The number of benzene rings is 2. The molecule has 2 aliphatic carbocycles. The summed E-state index contributed by atoms with van der Waals surface area (Å²) in [7, 11) is -3.95. The Morgan fingerprint density at radius 3 is 2.48 bits per heavy atom. The van der Waals surface area contributed by atoms with E-state index in [1.54, 1.807) is 11.8 Å². The second-order valence-corrected chi connectivity index (χ2v) is 18.3. The Bertz CT molecular complexity index is 2190. The van der Waals surface area contributed by atoms with Gasteiger partial charge in [0.15, 0.2) is 0 Å². The predicted octanol–water partition coefficient (Wildman–Crippen LogP) is 5.58. The monoisotopic (exact) mass is 768 g/mol. The van der Waals surface area contributed by atoms with Crippen LogP contribution in [-0.2, 0) is 24.4 Å². The molecule has 4 aliphatic rings. The summed E-state index contributed by atoms with van der Waals surface area (Å²) in [6.45, 7) is 1.71. The van der Waals surface area contributed by atoms with Crippen molar-refractivity contribution in [2.24, 2.45) is 5.92 Å². The van der Waals surface area contributed by atoms with E-state index in [4.69, 9.17) is 14.7 Å². The average Bonchev–Trinajstić information content (AvgIpc) is 3.92. The van der Waals surface area contributed by atoms with Crippen molar-refractivity contribution in [3.05, 3.63) is 84.3 Å². The lowest BCUT2D eigenvalue weighted by molar-refractivity contribution is -0.140. The molecule has 54 heavy (non-hydrogen) atoms. The first-order chi connectivity index (χ1) is 26.1. The van der Waals surface area contributed by atoms with Crippen LogP contribution in [0.25, 0.3) is 21.6 Å². The number of allylic oxidation sites excluding steroid dienone is 1. The minimum Gasteiger partial charge on any atom is -0.471 e. The number of aromatic nitrogens is 2. The number of para-hydroxylation sites is 3. The summed E-state index contributed by atoms with van der Waals surface area (Å²) < 4.78 is 34.3. The summed E-state index contributed by atoms with van der Waals surface area (Å²) in [5.41, 5.74) is 1.26. The summed E-state index contributed by atoms with van der Waals surface area (Å²) in [6.07, 6.45) is 8.48. The summed E-state index contributed by atoms with van der Waals surface area (Å²) in [5, 5.41) is 8.34. The third-order valence-electron chi connectivity index (χ3n) is 11.2. The fourth-order valence-corrected chi connectivity index (χ4v) is 9.50. The van der Waals surface area contributed by atoms with Crippen LogP contribution in [0.15, 0.2) is 84.3 Å². The topological polar surface area (TPSA) is 160 Å². The van der Waals surface area contributed by atoms with Crippen molar-refractivity contribution in [3.63, 3.8) is 0 Å². The number of hydrogen-bond acceptors (Lipinski definition) is 10. The van der Waals surface area contributed by atoms with Crippen molar-refractivity contribution in [1.29, 1.82) is 0 Å². The fraction of sp³-hybridized carbons (Fsp3) is 0.425. The van der Waals surface area contributed by atoms with Gasteiger partial charge in [0.1, 0.15) is 29.4 Å². The van der Waals surface area contributed by atoms with Crippen LogP contribution >= 0.6 is 11.3 Å². The number of hydrogen-bond donors (Lipinski definition) is 3. The molecule has 0 spiro atoms. The molecule has 0 unspecified atom stereocenters. The van der Waals surface area contributed by atoms with Gasteiger partial charge >= 0.3 is 0 Å². The molecule has 8 rings (SSSR count). The lowest BCUT2D eigenvalue weighted by atomic mass is 10.0. The lowest BCUT2D eigenvalue weighted by Crippen LogP contribution is -2.58. The molecule has 5 atom stereocenters. The number of nitrogens with zero attached hydrogens (tertiary/aromatic N) is 3. The molecular weight excluding hydrogens is 725 g/mol. The number of carbonyl (C=O) groups excluding carboxylic acids is 3. The van der Waals surface area contributed by atoms with Gasteiger partial charge in [-0.05, 0) is 81.2 Å². The van der Waals surface area contributed by atoms with Gasteiger partial charge in [-0.3, -0.25) is 19.1 Å². The molecule has 2 aromatic heterocycles. The molecule has 12 nitrogen and oxygen atoms in total. The van der Waals surface area contributed by atoms with Gasteiger partial charge in [0, 0.05) is 18.0 Å². The molecule has 1 saturated heterocycles. The highest BCUT2D eigenvalue weighted by Gasteiger charge is 2.63. The molecule has 3 N–H and O–H groups in total. The van der Waals surface area contributed by atoms with E-state index in [0.29, 0.717) is 41.9 Å². The Kier molecular flexibility index (Phi) is 9.67. The highest BCUT2D eigenvalue weighted by atomic mass is 32.2. The third kappa shape index (κ3) is 7.20. The van der Waals surface area contributed by atoms with Gasteiger partial charge in [-0.15, -0.1) is 11.3 Å². The third-order valence-corrected chi connectivity index (χ3v) is 14.2. The Hall–Kier alpha value is -4.82. The fourth-order valence-electron chi connectivity index (χ4n) is 7.48. The van der Waals surface area contributed by atoms with E-state index < -0.39 is 50.3 Å². The SMILES string of the molecule is CC1(S(=O)(=O)NC(=O)[C@@]23C[C@H]2C=CCCCCC[C@H](Nc2ccccc2)C(=O)N2C[C@H](Oc4nc5ccccc5nc4-c4cccs4)C[C@H]2C(=O)N3)CC1. The number of fused-ring (bicyclic) bond motifs is 3. The standard InChI is InChI=1S/C40H44N6O6S2/c1-39(20-21-39)54(50,51)45-38(49)40-24-26(40)13-6-3-2-4-9-18-31(41-27-14-7-5-8-15-27)37(48)46-25-28(23-32(46)35(47)44-40)52-36-34(33-19-12-22-53-33)42-29-16-10-11-17-30(29)43-36/h5-8,10-17,19,22,26,28,31-32,41H,2-4,9,18,20-21,23-25H2,1H3,(H,44,47)(H,45,49)/t26-,28-,31+,32+,40-/m1/s1. The van der Waals surface area contributed by atoms with E-state index in [1.165, 1.54) is 11.3 Å². The molecule has 3 fully saturated rings. The Morgan fingerprint density at radius 2 is 1.74 bits per heavy atom. The largest absolute Gasteiger partial charge is 0.471 e. The van der Waals surface area contributed by atoms with Crippen molar-refractivity contribution in [3.8, 4) is 16.5 Å². The number of sulfonamides is 1. The smallest absolute Gasteiger partial charge is 0.259 e. The average molecular weight is 769 g/mol. The summed E-state index contributed by atoms with van der Waals surface area (Å²) >= 11 is 1.51. The predicted molar refractivity (Wildman–Crippen MR) is 207 cm³/mol. The van der Waals surface area contributed by atoms with Crippen molar-refractivity contribution in [2.75, 3.05) is 11.9 Å². The van der Waals surface area contributed by atoms with Gasteiger partial charge in [-0.2, -0.15) is 0 Å². The highest BCUT2D eigenvalue weighted by Crippen LogP contribution is 2.47. The maximum absolute atomic E-state index is 14.7. The van der Waals surface area contributed by atoms with Gasteiger partial charge in [0.2, 0.25) is 27.7 Å². The molecular formula is C40H44N6O6S2. The van der Waals surface area contributed by atoms with Crippen molar-refractivity contribution < 1.29 is 27.5 Å². The number of carbonyl (C=O) groups is 3. The van der Waals surface area contributed by atoms with E-state index in [0.717, 1.165) is 36.2 Å². The van der Waals surface area contributed by atoms with Crippen LogP contribution in [0, 0.1) is 5.92 Å². The second kappa shape index (κ2) is 14.4. The van der Waals surface area contributed by atoms with E-state index in [2.05, 4.69) is 15.4 Å². The van der Waals surface area contributed by atoms with E-state index in [-0.39, 0.29) is 31.2 Å². The molecule has 4 heterocycles. The van der Waals surface area contributed by atoms with Gasteiger partial charge in [0.05, 0.1) is 27.2 Å². The van der Waals surface area contributed by atoms with E-state index >= 15 is 0 Å². The summed E-state index contributed by atoms with van der Waals surface area (Å²) in [4.78, 5) is 55.3. The highest BCUT2D eigenvalue weighted by molar-refractivity contribution is 7.91. The molecule has 2 aliphatic heterocycles. The maximum Gasteiger partial charge on any atom is 0.259 e. The molecule has 14 heteroatoms. The Balaban J connectivity index is 1.13. The number of anilines is 1. The first-order valence-electron chi connectivity index (χ1n) is 18.7. The van der Waals surface area contributed by atoms with Crippen molar-refractivity contribution in [1.82, 2.24) is 24.9 Å². The van der Waals surface area contributed by atoms with Gasteiger partial charge < -0.3 is 20.3 Å². The number of nitrogens with one attached hydrogen (secondary N) is 3. The zero-order chi connectivity index (χ0) is 37.5. The van der Waals surface area contributed by atoms with Crippen LogP contribution < -0.4 is 20.1 Å². The van der Waals surface area contributed by atoms with Crippen LogP contribution in [0.5, 0.6) is 5.88 Å². The summed E-state index contributed by atoms with van der Waals surface area (Å²) in [5.74, 6) is -1.62. The maximum atomic E-state index is 14.7. The number of amides is 3. The van der Waals surface area contributed by atoms with Crippen LogP contribution in [0.2, 0.25) is 0 Å². The first kappa shape index (κ1) is 36.2. The molecule has 0 bridgehead atoms. The molecule has 0 radical (unpaired) electrons. The minimum absolute atomic E-state index is 0.0948. The minimum atomic E-state index is -3.95. The molecule has 2 saturated carbocycles. The molecule has 4 aromatic rings. The van der Waals surface area contributed by atoms with Gasteiger partial charge in [-0.1, -0.05) is 61.4 Å². The van der Waals surface area contributed by atoms with Crippen molar-refractivity contribution in [2.45, 2.75) is 93.2 Å². The van der Waals surface area contributed by atoms with Gasteiger partial charge in [0.25, 0.3) is 5.91 Å². The van der Waals surface area contributed by atoms with Crippen LogP contribution in [0.1, 0.15) is 64.7 Å². The van der Waals surface area contributed by atoms with Crippen molar-refractivity contribution >= 4 is 55.8 Å². The second-order valence-electron chi connectivity index (χ2n) is 15.1. The first-order valence-corrected chi connectivity index (χ1v) is 21.1. The zero-order valence-corrected chi connectivity index (χ0v) is 31.7. The Morgan fingerprint density at radius 1 is 0.981 bits per heavy atom. The molecule has 2 aromatic carbocycles. The lowest BCUT2D eigenvalue weighted by Gasteiger charge is -2.30. The molecule has 3 amide bonds. The number of ether oxygens (including phenoxy) is 1.